The second-order valence-electron chi connectivity index (χ2n) is 6.71. The Hall–Kier alpha value is -1.36. The number of rotatable bonds is 9. The fraction of sp³-hybridized carbons (Fsp3) is 0.632. The Labute approximate surface area is 147 Å². The van der Waals surface area contributed by atoms with E-state index in [2.05, 4.69) is 11.9 Å². The van der Waals surface area contributed by atoms with Crippen molar-refractivity contribution in [3.05, 3.63) is 29.8 Å². The molecule has 1 aromatic rings. The van der Waals surface area contributed by atoms with Crippen LogP contribution in [0.1, 0.15) is 64.4 Å². The van der Waals surface area contributed by atoms with Crippen molar-refractivity contribution in [3.63, 3.8) is 0 Å². The number of benzene rings is 1. The maximum Gasteiger partial charge on any atom is 0.265 e. The predicted octanol–water partition coefficient (Wildman–Crippen LogP) is 4.54. The van der Waals surface area contributed by atoms with Crippen LogP contribution in [-0.4, -0.2) is 31.1 Å². The highest BCUT2D eigenvalue weighted by Gasteiger charge is 2.35. The molecule has 0 aliphatic carbocycles. The molecule has 0 radical (unpaired) electrons. The molecule has 0 bridgehead atoms. The third kappa shape index (κ3) is 4.59. The second-order valence-corrected chi connectivity index (χ2v) is 8.53. The van der Waals surface area contributed by atoms with Gasteiger partial charge < -0.3 is 0 Å². The highest BCUT2D eigenvalue weighted by atomic mass is 32.2. The zero-order valence-corrected chi connectivity index (χ0v) is 16.0. The minimum Gasteiger partial charge on any atom is -0.270 e. The lowest BCUT2D eigenvalue weighted by Crippen LogP contribution is -2.40. The second kappa shape index (κ2) is 8.65. The molecule has 0 fully saturated rings. The third-order valence-electron chi connectivity index (χ3n) is 4.65. The van der Waals surface area contributed by atoms with E-state index in [-0.39, 0.29) is 6.04 Å². The first kappa shape index (κ1) is 19.0. The fourth-order valence-electron chi connectivity index (χ4n) is 3.21. The molecule has 5 heteroatoms. The number of amidine groups is 1. The summed E-state index contributed by atoms with van der Waals surface area (Å²) in [6, 6.07) is 7.05. The van der Waals surface area contributed by atoms with Crippen molar-refractivity contribution in [1.29, 1.82) is 0 Å². The standard InChI is InChI=1S/C19H30N2O2S/c1-4-5-6-7-8-9-10-18-15-20-17(3)21(18)24(22,23)19-13-11-16(2)12-14-19/h11-14,18H,4-10,15H2,1-3H3. The van der Waals surface area contributed by atoms with E-state index in [9.17, 15) is 8.42 Å². The number of hydrogen-bond acceptors (Lipinski definition) is 3. The van der Waals surface area contributed by atoms with Gasteiger partial charge in [0.2, 0.25) is 0 Å². The molecule has 24 heavy (non-hydrogen) atoms. The molecule has 0 aromatic heterocycles. The molecule has 1 aromatic carbocycles. The third-order valence-corrected chi connectivity index (χ3v) is 6.60. The summed E-state index contributed by atoms with van der Waals surface area (Å²) in [6.45, 7) is 6.56. The van der Waals surface area contributed by atoms with Crippen LogP contribution in [0.3, 0.4) is 0 Å². The van der Waals surface area contributed by atoms with Crippen LogP contribution in [-0.2, 0) is 10.0 Å². The zero-order chi connectivity index (χ0) is 17.6. The fourth-order valence-corrected chi connectivity index (χ4v) is 4.89. The lowest BCUT2D eigenvalue weighted by Gasteiger charge is -2.26. The predicted molar refractivity (Wildman–Crippen MR) is 100.0 cm³/mol. The van der Waals surface area contributed by atoms with Crippen LogP contribution in [0.25, 0.3) is 0 Å². The first-order valence-corrected chi connectivity index (χ1v) is 10.5. The van der Waals surface area contributed by atoms with E-state index in [1.165, 1.54) is 32.1 Å². The number of aryl methyl sites for hydroxylation is 1. The maximum atomic E-state index is 13.0. The number of aliphatic imine (C=N–C) groups is 1. The Kier molecular flexibility index (Phi) is 6.84. The summed E-state index contributed by atoms with van der Waals surface area (Å²) in [4.78, 5) is 4.76. The molecule has 1 aliphatic heterocycles. The van der Waals surface area contributed by atoms with E-state index in [1.807, 2.05) is 19.1 Å². The van der Waals surface area contributed by atoms with Crippen molar-refractivity contribution < 1.29 is 8.42 Å². The van der Waals surface area contributed by atoms with E-state index >= 15 is 0 Å². The van der Waals surface area contributed by atoms with E-state index in [0.717, 1.165) is 18.4 Å². The van der Waals surface area contributed by atoms with Crippen molar-refractivity contribution in [3.8, 4) is 0 Å². The van der Waals surface area contributed by atoms with Gasteiger partial charge in [-0.2, -0.15) is 0 Å². The minimum absolute atomic E-state index is 0.0255. The van der Waals surface area contributed by atoms with Crippen molar-refractivity contribution in [2.24, 2.45) is 4.99 Å². The SMILES string of the molecule is CCCCCCCCC1CN=C(C)N1S(=O)(=O)c1ccc(C)cc1. The first-order chi connectivity index (χ1) is 11.5. The molecule has 134 valence electrons. The molecular weight excluding hydrogens is 320 g/mol. The molecular formula is C19H30N2O2S. The molecule has 0 saturated carbocycles. The highest BCUT2D eigenvalue weighted by Crippen LogP contribution is 2.26. The van der Waals surface area contributed by atoms with Crippen molar-refractivity contribution in [1.82, 2.24) is 4.31 Å². The Bertz CT molecular complexity index is 650. The quantitative estimate of drug-likeness (QED) is 0.614. The van der Waals surface area contributed by atoms with Crippen LogP contribution < -0.4 is 0 Å². The summed E-state index contributed by atoms with van der Waals surface area (Å²) in [5.74, 6) is 0.617. The molecule has 1 unspecified atom stereocenters. The van der Waals surface area contributed by atoms with Crippen LogP contribution >= 0.6 is 0 Å². The van der Waals surface area contributed by atoms with Gasteiger partial charge in [0.1, 0.15) is 5.84 Å². The van der Waals surface area contributed by atoms with Crippen LogP contribution in [0.4, 0.5) is 0 Å². The highest BCUT2D eigenvalue weighted by molar-refractivity contribution is 7.89. The summed E-state index contributed by atoms with van der Waals surface area (Å²) >= 11 is 0. The van der Waals surface area contributed by atoms with Gasteiger partial charge in [-0.3, -0.25) is 4.99 Å². The lowest BCUT2D eigenvalue weighted by atomic mass is 10.1. The van der Waals surface area contributed by atoms with Gasteiger partial charge in [0.15, 0.2) is 0 Å². The molecule has 1 atom stereocenters. The summed E-state index contributed by atoms with van der Waals surface area (Å²) in [7, 11) is -3.50. The van der Waals surface area contributed by atoms with Gasteiger partial charge in [-0.15, -0.1) is 0 Å². The van der Waals surface area contributed by atoms with Gasteiger partial charge in [-0.1, -0.05) is 63.1 Å². The van der Waals surface area contributed by atoms with Gasteiger partial charge >= 0.3 is 0 Å². The van der Waals surface area contributed by atoms with Crippen molar-refractivity contribution >= 4 is 15.9 Å². The lowest BCUT2D eigenvalue weighted by molar-refractivity contribution is 0.417. The molecule has 0 spiro atoms. The van der Waals surface area contributed by atoms with Crippen LogP contribution in [0.15, 0.2) is 34.2 Å². The van der Waals surface area contributed by atoms with Crippen LogP contribution in [0, 0.1) is 6.92 Å². The van der Waals surface area contributed by atoms with E-state index in [1.54, 1.807) is 23.4 Å². The molecule has 0 saturated heterocycles. The molecule has 0 amide bonds. The number of sulfonamides is 1. The summed E-state index contributed by atoms with van der Waals surface area (Å²) in [6.07, 6.45) is 8.19. The Morgan fingerprint density at radius 1 is 1.04 bits per heavy atom. The minimum atomic E-state index is -3.50. The number of unbranched alkanes of at least 4 members (excludes halogenated alkanes) is 5. The number of nitrogens with zero attached hydrogens (tertiary/aromatic N) is 2. The van der Waals surface area contributed by atoms with E-state index in [0.29, 0.717) is 17.3 Å². The first-order valence-electron chi connectivity index (χ1n) is 9.09. The summed E-state index contributed by atoms with van der Waals surface area (Å²) in [5, 5.41) is 0. The Morgan fingerprint density at radius 2 is 1.67 bits per heavy atom. The van der Waals surface area contributed by atoms with Crippen LogP contribution in [0.5, 0.6) is 0 Å². The van der Waals surface area contributed by atoms with Crippen LogP contribution in [0.2, 0.25) is 0 Å². The van der Waals surface area contributed by atoms with Gasteiger partial charge in [-0.05, 0) is 32.4 Å². The smallest absolute Gasteiger partial charge is 0.265 e. The molecule has 1 heterocycles. The van der Waals surface area contributed by atoms with Gasteiger partial charge in [0, 0.05) is 0 Å². The molecule has 2 rings (SSSR count). The topological polar surface area (TPSA) is 49.7 Å². The Morgan fingerprint density at radius 3 is 2.33 bits per heavy atom. The van der Waals surface area contributed by atoms with E-state index in [4.69, 9.17) is 0 Å². The molecule has 4 nitrogen and oxygen atoms in total. The normalized spacial score (nSPS) is 18.0. The maximum absolute atomic E-state index is 13.0. The van der Waals surface area contributed by atoms with E-state index < -0.39 is 10.0 Å². The van der Waals surface area contributed by atoms with Gasteiger partial charge in [0.05, 0.1) is 17.5 Å². The van der Waals surface area contributed by atoms with Crippen molar-refractivity contribution in [2.75, 3.05) is 6.54 Å². The average Bonchev–Trinajstić information content (AvgIpc) is 2.92. The Balaban J connectivity index is 2.00. The largest absolute Gasteiger partial charge is 0.270 e. The monoisotopic (exact) mass is 350 g/mol. The van der Waals surface area contributed by atoms with Gasteiger partial charge in [-0.25, -0.2) is 12.7 Å². The van der Waals surface area contributed by atoms with Crippen molar-refractivity contribution in [2.45, 2.75) is 76.7 Å². The zero-order valence-electron chi connectivity index (χ0n) is 15.2. The van der Waals surface area contributed by atoms with Gasteiger partial charge in [0.25, 0.3) is 10.0 Å². The molecule has 1 aliphatic rings. The summed E-state index contributed by atoms with van der Waals surface area (Å²) < 4.78 is 27.5. The average molecular weight is 351 g/mol. The number of hydrogen-bond donors (Lipinski definition) is 0. The molecule has 0 N–H and O–H groups in total. The summed E-state index contributed by atoms with van der Waals surface area (Å²) in [5.41, 5.74) is 1.06.